The van der Waals surface area contributed by atoms with Crippen molar-refractivity contribution in [2.45, 2.75) is 12.5 Å². The van der Waals surface area contributed by atoms with Crippen molar-refractivity contribution in [3.63, 3.8) is 0 Å². The lowest BCUT2D eigenvalue weighted by Gasteiger charge is -2.15. The summed E-state index contributed by atoms with van der Waals surface area (Å²) in [6.07, 6.45) is 1.05. The Morgan fingerprint density at radius 1 is 1.47 bits per heavy atom. The second kappa shape index (κ2) is 5.80. The number of nitrogens with two attached hydrogens (primary N) is 1. The zero-order valence-electron chi connectivity index (χ0n) is 9.53. The van der Waals surface area contributed by atoms with Crippen LogP contribution in [0, 0.1) is 5.82 Å². The van der Waals surface area contributed by atoms with Crippen LogP contribution in [0.15, 0.2) is 22.7 Å². The van der Waals surface area contributed by atoms with Crippen LogP contribution in [0.3, 0.4) is 0 Å². The van der Waals surface area contributed by atoms with Gasteiger partial charge in [-0.2, -0.15) is 0 Å². The fourth-order valence-corrected chi connectivity index (χ4v) is 2.41. The first kappa shape index (κ1) is 12.8. The van der Waals surface area contributed by atoms with E-state index in [1.165, 1.54) is 12.1 Å². The molecule has 0 unspecified atom stereocenters. The van der Waals surface area contributed by atoms with E-state index >= 15 is 0 Å². The van der Waals surface area contributed by atoms with Gasteiger partial charge in [0.1, 0.15) is 18.2 Å². The van der Waals surface area contributed by atoms with Crippen molar-refractivity contribution in [2.75, 3.05) is 26.2 Å². The van der Waals surface area contributed by atoms with Gasteiger partial charge in [0.2, 0.25) is 0 Å². The van der Waals surface area contributed by atoms with E-state index in [9.17, 15) is 4.39 Å². The van der Waals surface area contributed by atoms with Crippen molar-refractivity contribution in [2.24, 2.45) is 5.73 Å². The molecule has 17 heavy (non-hydrogen) atoms. The molecule has 0 saturated carbocycles. The highest BCUT2D eigenvalue weighted by Crippen LogP contribution is 2.20. The summed E-state index contributed by atoms with van der Waals surface area (Å²) in [6, 6.07) is 4.85. The van der Waals surface area contributed by atoms with Gasteiger partial charge in [0.25, 0.3) is 0 Å². The summed E-state index contributed by atoms with van der Waals surface area (Å²) in [4.78, 5) is 2.26. The normalized spacial score (nSPS) is 20.8. The van der Waals surface area contributed by atoms with E-state index in [-0.39, 0.29) is 5.82 Å². The molecule has 2 rings (SSSR count). The fraction of sp³-hybridized carbons (Fsp3) is 0.500. The van der Waals surface area contributed by atoms with Crippen LogP contribution in [-0.4, -0.2) is 37.2 Å². The number of halogens is 2. The molecule has 1 aliphatic rings. The molecular weight excluding hydrogens is 287 g/mol. The fourth-order valence-electron chi connectivity index (χ4n) is 1.97. The molecule has 1 aromatic carbocycles. The first-order chi connectivity index (χ1) is 8.13. The van der Waals surface area contributed by atoms with E-state index in [0.29, 0.717) is 22.9 Å². The van der Waals surface area contributed by atoms with Crippen LogP contribution in [0.25, 0.3) is 0 Å². The highest BCUT2D eigenvalue weighted by Gasteiger charge is 2.18. The lowest BCUT2D eigenvalue weighted by molar-refractivity contribution is 0.235. The van der Waals surface area contributed by atoms with Crippen molar-refractivity contribution in [1.82, 2.24) is 4.90 Å². The summed E-state index contributed by atoms with van der Waals surface area (Å²) in [7, 11) is 0. The van der Waals surface area contributed by atoms with Crippen LogP contribution < -0.4 is 10.5 Å². The summed E-state index contributed by atoms with van der Waals surface area (Å²) in [6.45, 7) is 3.35. The topological polar surface area (TPSA) is 38.5 Å². The summed E-state index contributed by atoms with van der Waals surface area (Å²) >= 11 is 3.23. The van der Waals surface area contributed by atoms with E-state index in [1.807, 2.05) is 0 Å². The van der Waals surface area contributed by atoms with Crippen LogP contribution in [0.2, 0.25) is 0 Å². The molecule has 5 heteroatoms. The smallest absolute Gasteiger partial charge is 0.128 e. The van der Waals surface area contributed by atoms with Gasteiger partial charge in [-0.3, -0.25) is 4.90 Å². The molecule has 1 saturated heterocycles. The Kier molecular flexibility index (Phi) is 4.36. The average molecular weight is 303 g/mol. The van der Waals surface area contributed by atoms with E-state index in [0.717, 1.165) is 26.1 Å². The molecule has 1 aliphatic heterocycles. The van der Waals surface area contributed by atoms with Crippen molar-refractivity contribution >= 4 is 15.9 Å². The summed E-state index contributed by atoms with van der Waals surface area (Å²) in [5.41, 5.74) is 5.81. The third kappa shape index (κ3) is 3.94. The van der Waals surface area contributed by atoms with Gasteiger partial charge in [-0.25, -0.2) is 4.39 Å². The Labute approximate surface area is 109 Å². The Morgan fingerprint density at radius 3 is 2.94 bits per heavy atom. The number of likely N-dealkylation sites (tertiary alicyclic amines) is 1. The molecule has 0 spiro atoms. The van der Waals surface area contributed by atoms with Gasteiger partial charge in [-0.15, -0.1) is 0 Å². The van der Waals surface area contributed by atoms with Gasteiger partial charge in [0.05, 0.1) is 0 Å². The SMILES string of the molecule is N[C@H]1CCN(CCOc2cc(F)cc(Br)c2)C1. The molecule has 0 radical (unpaired) electrons. The molecule has 1 aromatic rings. The Morgan fingerprint density at radius 2 is 2.29 bits per heavy atom. The number of nitrogens with zero attached hydrogens (tertiary/aromatic N) is 1. The summed E-state index contributed by atoms with van der Waals surface area (Å²) in [5.74, 6) is 0.262. The van der Waals surface area contributed by atoms with Gasteiger partial charge < -0.3 is 10.5 Å². The zero-order chi connectivity index (χ0) is 12.3. The predicted octanol–water partition coefficient (Wildman–Crippen LogP) is 2.00. The number of hydrogen-bond acceptors (Lipinski definition) is 3. The van der Waals surface area contributed by atoms with E-state index in [2.05, 4.69) is 20.8 Å². The lowest BCUT2D eigenvalue weighted by Crippen LogP contribution is -2.29. The van der Waals surface area contributed by atoms with Gasteiger partial charge in [-0.1, -0.05) is 15.9 Å². The maximum Gasteiger partial charge on any atom is 0.128 e. The first-order valence-corrected chi connectivity index (χ1v) is 6.49. The second-order valence-electron chi connectivity index (χ2n) is 4.30. The molecular formula is C12H16BrFN2O. The standard InChI is InChI=1S/C12H16BrFN2O/c13-9-5-10(14)7-12(6-9)17-4-3-16-2-1-11(15)8-16/h5-7,11H,1-4,8,15H2/t11-/m0/s1. The maximum atomic E-state index is 13.1. The lowest BCUT2D eigenvalue weighted by atomic mass is 10.3. The molecule has 0 aromatic heterocycles. The van der Waals surface area contributed by atoms with Crippen molar-refractivity contribution in [3.8, 4) is 5.75 Å². The first-order valence-electron chi connectivity index (χ1n) is 5.70. The molecule has 0 amide bonds. The Hall–Kier alpha value is -0.650. The van der Waals surface area contributed by atoms with E-state index < -0.39 is 0 Å². The van der Waals surface area contributed by atoms with Crippen LogP contribution in [-0.2, 0) is 0 Å². The minimum atomic E-state index is -0.294. The van der Waals surface area contributed by atoms with E-state index in [1.54, 1.807) is 6.07 Å². The third-order valence-corrected chi connectivity index (χ3v) is 3.28. The predicted molar refractivity (Wildman–Crippen MR) is 68.6 cm³/mol. The van der Waals surface area contributed by atoms with Crippen LogP contribution in [0.4, 0.5) is 4.39 Å². The third-order valence-electron chi connectivity index (χ3n) is 2.82. The minimum absolute atomic E-state index is 0.290. The number of ether oxygens (including phenoxy) is 1. The van der Waals surface area contributed by atoms with Crippen molar-refractivity contribution in [1.29, 1.82) is 0 Å². The molecule has 1 atom stereocenters. The molecule has 3 nitrogen and oxygen atoms in total. The Balaban J connectivity index is 1.78. The van der Waals surface area contributed by atoms with E-state index in [4.69, 9.17) is 10.5 Å². The number of benzene rings is 1. The molecule has 94 valence electrons. The van der Waals surface area contributed by atoms with Gasteiger partial charge >= 0.3 is 0 Å². The quantitative estimate of drug-likeness (QED) is 0.924. The van der Waals surface area contributed by atoms with Crippen LogP contribution >= 0.6 is 15.9 Å². The van der Waals surface area contributed by atoms with Crippen LogP contribution in [0.1, 0.15) is 6.42 Å². The number of hydrogen-bond donors (Lipinski definition) is 1. The van der Waals surface area contributed by atoms with Crippen molar-refractivity contribution < 1.29 is 9.13 Å². The maximum absolute atomic E-state index is 13.1. The summed E-state index contributed by atoms with van der Waals surface area (Å²) < 4.78 is 19.3. The Bertz CT molecular complexity index is 369. The van der Waals surface area contributed by atoms with Crippen LogP contribution in [0.5, 0.6) is 5.75 Å². The minimum Gasteiger partial charge on any atom is -0.492 e. The second-order valence-corrected chi connectivity index (χ2v) is 5.22. The molecule has 1 fully saturated rings. The summed E-state index contributed by atoms with van der Waals surface area (Å²) in [5, 5.41) is 0. The van der Waals surface area contributed by atoms with Gasteiger partial charge in [0, 0.05) is 29.7 Å². The molecule has 2 N–H and O–H groups in total. The molecule has 0 bridgehead atoms. The zero-order valence-corrected chi connectivity index (χ0v) is 11.1. The molecule has 1 heterocycles. The van der Waals surface area contributed by atoms with Gasteiger partial charge in [0.15, 0.2) is 0 Å². The molecule has 0 aliphatic carbocycles. The van der Waals surface area contributed by atoms with Gasteiger partial charge in [-0.05, 0) is 25.1 Å². The highest BCUT2D eigenvalue weighted by molar-refractivity contribution is 9.10. The largest absolute Gasteiger partial charge is 0.492 e. The highest BCUT2D eigenvalue weighted by atomic mass is 79.9. The monoisotopic (exact) mass is 302 g/mol. The van der Waals surface area contributed by atoms with Crippen molar-refractivity contribution in [3.05, 3.63) is 28.5 Å². The number of rotatable bonds is 4. The average Bonchev–Trinajstić information content (AvgIpc) is 2.63.